The van der Waals surface area contributed by atoms with Crippen molar-refractivity contribution in [2.75, 3.05) is 0 Å². The largest absolute Gasteiger partial charge is 0.357 e. The van der Waals surface area contributed by atoms with E-state index in [-0.39, 0.29) is 5.41 Å². The Hall–Kier alpha value is -0.760. The van der Waals surface area contributed by atoms with E-state index < -0.39 is 0 Å². The van der Waals surface area contributed by atoms with Crippen LogP contribution in [0.1, 0.15) is 45.4 Å². The predicted molar refractivity (Wildman–Crippen MR) is 81.1 cm³/mol. The Labute approximate surface area is 117 Å². The summed E-state index contributed by atoms with van der Waals surface area (Å²) in [5.41, 5.74) is 4.84. The molecule has 3 rings (SSSR count). The molecule has 1 N–H and O–H groups in total. The van der Waals surface area contributed by atoms with E-state index in [2.05, 4.69) is 66.8 Å². The van der Waals surface area contributed by atoms with Crippen LogP contribution in [0.3, 0.4) is 0 Å². The van der Waals surface area contributed by atoms with Crippen molar-refractivity contribution in [3.05, 3.63) is 33.9 Å². The smallest absolute Gasteiger partial charge is 0.0603 e. The summed E-state index contributed by atoms with van der Waals surface area (Å²) in [5, 5.41) is 1.39. The summed E-state index contributed by atoms with van der Waals surface area (Å²) in [5.74, 6) is 0. The highest BCUT2D eigenvalue weighted by Gasteiger charge is 2.39. The van der Waals surface area contributed by atoms with Crippen LogP contribution in [0.5, 0.6) is 0 Å². The number of hydrogen-bond donors (Lipinski definition) is 1. The van der Waals surface area contributed by atoms with E-state index in [1.807, 2.05) is 0 Å². The van der Waals surface area contributed by atoms with Crippen molar-refractivity contribution in [3.8, 4) is 0 Å². The number of nitrogens with one attached hydrogen (secondary N) is 1. The lowest BCUT2D eigenvalue weighted by Crippen LogP contribution is -2.34. The van der Waals surface area contributed by atoms with Crippen molar-refractivity contribution in [2.24, 2.45) is 5.41 Å². The summed E-state index contributed by atoms with van der Waals surface area (Å²) in [6.45, 7) is 9.50. The number of aromatic amines is 1. The Morgan fingerprint density at radius 3 is 2.61 bits per heavy atom. The molecule has 0 amide bonds. The molecule has 1 aromatic heterocycles. The lowest BCUT2D eigenvalue weighted by Gasteiger charge is -2.40. The van der Waals surface area contributed by atoms with Gasteiger partial charge >= 0.3 is 0 Å². The molecule has 0 spiro atoms. The first-order valence-corrected chi connectivity index (χ1v) is 7.39. The molecule has 1 aliphatic carbocycles. The maximum atomic E-state index is 3.66. The number of hydrogen-bond acceptors (Lipinski definition) is 0. The molecule has 0 saturated carbocycles. The topological polar surface area (TPSA) is 15.8 Å². The van der Waals surface area contributed by atoms with Crippen LogP contribution in [0.15, 0.2) is 22.7 Å². The van der Waals surface area contributed by atoms with Crippen molar-refractivity contribution in [3.63, 3.8) is 0 Å². The third-order valence-electron chi connectivity index (χ3n) is 4.11. The van der Waals surface area contributed by atoms with Gasteiger partial charge in [-0.1, -0.05) is 39.8 Å². The summed E-state index contributed by atoms with van der Waals surface area (Å²) in [4.78, 5) is 3.65. The zero-order valence-electron chi connectivity index (χ0n) is 11.5. The molecule has 0 bridgehead atoms. The van der Waals surface area contributed by atoms with Crippen LogP contribution in [-0.4, -0.2) is 4.98 Å². The average molecular weight is 306 g/mol. The molecule has 0 unspecified atom stereocenters. The second kappa shape index (κ2) is 3.63. The van der Waals surface area contributed by atoms with E-state index in [1.54, 1.807) is 0 Å². The Kier molecular flexibility index (Phi) is 2.48. The number of aromatic nitrogens is 1. The van der Waals surface area contributed by atoms with Gasteiger partial charge in [-0.25, -0.2) is 0 Å². The molecule has 1 aliphatic rings. The van der Waals surface area contributed by atoms with Gasteiger partial charge in [-0.3, -0.25) is 0 Å². The molecular weight excluding hydrogens is 286 g/mol. The third-order valence-corrected chi connectivity index (χ3v) is 4.77. The molecule has 2 heteroatoms. The van der Waals surface area contributed by atoms with E-state index in [0.717, 1.165) is 6.42 Å². The lowest BCUT2D eigenvalue weighted by atomic mass is 9.64. The maximum Gasteiger partial charge on any atom is 0.0603 e. The van der Waals surface area contributed by atoms with Gasteiger partial charge in [-0.15, -0.1) is 0 Å². The fourth-order valence-electron chi connectivity index (χ4n) is 3.97. The van der Waals surface area contributed by atoms with Crippen LogP contribution in [0.2, 0.25) is 0 Å². The highest BCUT2D eigenvalue weighted by atomic mass is 79.9. The Morgan fingerprint density at radius 1 is 1.17 bits per heavy atom. The molecule has 1 heterocycles. The van der Waals surface area contributed by atoms with E-state index in [4.69, 9.17) is 0 Å². The van der Waals surface area contributed by atoms with Crippen molar-refractivity contribution in [1.29, 1.82) is 0 Å². The number of fused-ring (bicyclic) bond motifs is 3. The summed E-state index contributed by atoms with van der Waals surface area (Å²) < 4.78 is 1.17. The second-order valence-electron chi connectivity index (χ2n) is 7.04. The standard InChI is InChI=1S/C16H20BrN/c1-15(2)8-12-13(16(3,4)9-15)10-6-5-7-11(17)14(10)18-12/h5-7,18H,8-9H2,1-4H3. The van der Waals surface area contributed by atoms with E-state index in [0.29, 0.717) is 5.41 Å². The van der Waals surface area contributed by atoms with Gasteiger partial charge in [-0.05, 0) is 51.2 Å². The van der Waals surface area contributed by atoms with E-state index >= 15 is 0 Å². The molecular formula is C16H20BrN. The van der Waals surface area contributed by atoms with Crippen molar-refractivity contribution in [2.45, 2.75) is 46.0 Å². The minimum Gasteiger partial charge on any atom is -0.357 e. The van der Waals surface area contributed by atoms with Gasteiger partial charge in [0, 0.05) is 15.6 Å². The molecule has 1 nitrogen and oxygen atoms in total. The van der Waals surface area contributed by atoms with Crippen molar-refractivity contribution < 1.29 is 0 Å². The fraction of sp³-hybridized carbons (Fsp3) is 0.500. The minimum atomic E-state index is 0.246. The Morgan fingerprint density at radius 2 is 1.89 bits per heavy atom. The molecule has 0 fully saturated rings. The number of H-pyrrole nitrogens is 1. The Bertz CT molecular complexity index is 619. The van der Waals surface area contributed by atoms with Gasteiger partial charge in [0.15, 0.2) is 0 Å². The molecule has 2 aromatic rings. The lowest BCUT2D eigenvalue weighted by molar-refractivity contribution is 0.231. The van der Waals surface area contributed by atoms with Crippen LogP contribution in [0.4, 0.5) is 0 Å². The van der Waals surface area contributed by atoms with E-state index in [9.17, 15) is 0 Å². The highest BCUT2D eigenvalue weighted by Crippen LogP contribution is 2.48. The predicted octanol–water partition coefficient (Wildman–Crippen LogP) is 5.18. The summed E-state index contributed by atoms with van der Waals surface area (Å²) in [7, 11) is 0. The molecule has 96 valence electrons. The molecule has 18 heavy (non-hydrogen) atoms. The van der Waals surface area contributed by atoms with Gasteiger partial charge in [0.2, 0.25) is 0 Å². The number of benzene rings is 1. The molecule has 0 saturated heterocycles. The van der Waals surface area contributed by atoms with Crippen LogP contribution in [-0.2, 0) is 11.8 Å². The molecule has 0 atom stereocenters. The molecule has 1 aromatic carbocycles. The van der Waals surface area contributed by atoms with Crippen molar-refractivity contribution >= 4 is 26.8 Å². The normalized spacial score (nSPS) is 20.9. The van der Waals surface area contributed by atoms with Gasteiger partial charge in [0.25, 0.3) is 0 Å². The first-order chi connectivity index (χ1) is 8.30. The maximum absolute atomic E-state index is 3.66. The second-order valence-corrected chi connectivity index (χ2v) is 7.90. The van der Waals surface area contributed by atoms with E-state index in [1.165, 1.54) is 33.1 Å². The van der Waals surface area contributed by atoms with Crippen LogP contribution in [0.25, 0.3) is 10.9 Å². The van der Waals surface area contributed by atoms with Gasteiger partial charge < -0.3 is 4.98 Å². The first-order valence-electron chi connectivity index (χ1n) is 6.60. The first kappa shape index (κ1) is 12.3. The number of rotatable bonds is 0. The summed E-state index contributed by atoms with van der Waals surface area (Å²) in [6.07, 6.45) is 2.39. The Balaban J connectivity index is 2.34. The quantitative estimate of drug-likeness (QED) is 0.690. The SMILES string of the molecule is CC1(C)Cc2[nH]c3c(Br)cccc3c2C(C)(C)C1. The van der Waals surface area contributed by atoms with Crippen molar-refractivity contribution in [1.82, 2.24) is 4.98 Å². The third kappa shape index (κ3) is 1.73. The molecule has 0 aliphatic heterocycles. The highest BCUT2D eigenvalue weighted by molar-refractivity contribution is 9.10. The minimum absolute atomic E-state index is 0.246. The average Bonchev–Trinajstić information content (AvgIpc) is 2.54. The molecule has 0 radical (unpaired) electrons. The monoisotopic (exact) mass is 305 g/mol. The van der Waals surface area contributed by atoms with Crippen LogP contribution >= 0.6 is 15.9 Å². The van der Waals surface area contributed by atoms with Gasteiger partial charge in [-0.2, -0.15) is 0 Å². The number of halogens is 1. The van der Waals surface area contributed by atoms with Gasteiger partial charge in [0.1, 0.15) is 0 Å². The van der Waals surface area contributed by atoms with Crippen LogP contribution in [0, 0.1) is 5.41 Å². The summed E-state index contributed by atoms with van der Waals surface area (Å²) in [6, 6.07) is 6.49. The fourth-order valence-corrected chi connectivity index (χ4v) is 4.43. The van der Waals surface area contributed by atoms with Gasteiger partial charge in [0.05, 0.1) is 5.52 Å². The zero-order valence-corrected chi connectivity index (χ0v) is 13.1. The van der Waals surface area contributed by atoms with Crippen LogP contribution < -0.4 is 0 Å². The summed E-state index contributed by atoms with van der Waals surface area (Å²) >= 11 is 3.66. The zero-order chi connectivity index (χ0) is 13.1. The number of para-hydroxylation sites is 1.